The summed E-state index contributed by atoms with van der Waals surface area (Å²) in [7, 11) is 0. The van der Waals surface area contributed by atoms with E-state index in [0.29, 0.717) is 6.54 Å². The van der Waals surface area contributed by atoms with Crippen LogP contribution < -0.4 is 0 Å². The molecule has 1 aliphatic heterocycles. The van der Waals surface area contributed by atoms with Crippen LogP contribution in [0, 0.1) is 5.41 Å². The summed E-state index contributed by atoms with van der Waals surface area (Å²) in [6.45, 7) is 0.538. The number of Topliss-reactive ketones (excluding diaryl/α,β-unsaturated/α-hetero) is 1. The van der Waals surface area contributed by atoms with Gasteiger partial charge in [0.1, 0.15) is 0 Å². The van der Waals surface area contributed by atoms with E-state index >= 15 is 0 Å². The Hall–Kier alpha value is -1.06. The molecule has 0 bridgehead atoms. The lowest BCUT2D eigenvalue weighted by Gasteiger charge is -2.19. The van der Waals surface area contributed by atoms with Crippen molar-refractivity contribution in [1.82, 2.24) is 4.90 Å². The zero-order valence-electron chi connectivity index (χ0n) is 7.45. The van der Waals surface area contributed by atoms with Crippen LogP contribution in [0.1, 0.15) is 25.7 Å². The SMILES string of the molecule is O=C(O)N1CC(=O)C2(CCCC2)C1. The topological polar surface area (TPSA) is 57.6 Å². The van der Waals surface area contributed by atoms with Crippen LogP contribution in [0.3, 0.4) is 0 Å². The lowest BCUT2D eigenvalue weighted by atomic mass is 9.84. The molecule has 0 unspecified atom stereocenters. The molecular weight excluding hydrogens is 170 g/mol. The molecule has 0 radical (unpaired) electrons. The standard InChI is InChI=1S/C9H13NO3/c11-7-5-10(8(12)13)6-9(7)3-1-2-4-9/h1-6H2,(H,12,13). The molecule has 0 aromatic rings. The van der Waals surface area contributed by atoms with E-state index in [2.05, 4.69) is 0 Å². The van der Waals surface area contributed by atoms with E-state index in [1.165, 1.54) is 4.90 Å². The van der Waals surface area contributed by atoms with Crippen LogP contribution in [0.4, 0.5) is 4.79 Å². The molecule has 0 atom stereocenters. The predicted octanol–water partition coefficient (Wildman–Crippen LogP) is 1.11. The van der Waals surface area contributed by atoms with Gasteiger partial charge in [-0.1, -0.05) is 12.8 Å². The highest BCUT2D eigenvalue weighted by molar-refractivity contribution is 5.92. The minimum absolute atomic E-state index is 0.106. The summed E-state index contributed by atoms with van der Waals surface area (Å²) in [5.74, 6) is 0.132. The first-order valence-electron chi connectivity index (χ1n) is 4.65. The number of likely N-dealkylation sites (tertiary alicyclic amines) is 1. The number of carbonyl (C=O) groups excluding carboxylic acids is 1. The van der Waals surface area contributed by atoms with Crippen LogP contribution in [0.2, 0.25) is 0 Å². The first kappa shape index (κ1) is 8.53. The fourth-order valence-electron chi connectivity index (χ4n) is 2.47. The Bertz CT molecular complexity index is 256. The highest BCUT2D eigenvalue weighted by atomic mass is 16.4. The van der Waals surface area contributed by atoms with E-state index in [1.807, 2.05) is 0 Å². The Kier molecular flexibility index (Phi) is 1.78. The van der Waals surface area contributed by atoms with Gasteiger partial charge < -0.3 is 10.0 Å². The van der Waals surface area contributed by atoms with Crippen molar-refractivity contribution in [2.75, 3.05) is 13.1 Å². The molecule has 4 heteroatoms. The summed E-state index contributed by atoms with van der Waals surface area (Å²) in [6, 6.07) is 0. The normalized spacial score (nSPS) is 25.8. The Morgan fingerprint density at radius 1 is 1.38 bits per heavy atom. The van der Waals surface area contributed by atoms with Crippen LogP contribution in [-0.4, -0.2) is 35.0 Å². The average molecular weight is 183 g/mol. The summed E-state index contributed by atoms with van der Waals surface area (Å²) in [4.78, 5) is 23.5. The van der Waals surface area contributed by atoms with Crippen molar-refractivity contribution in [2.24, 2.45) is 5.41 Å². The van der Waals surface area contributed by atoms with E-state index in [4.69, 9.17) is 5.11 Å². The van der Waals surface area contributed by atoms with Crippen LogP contribution in [-0.2, 0) is 4.79 Å². The number of nitrogens with zero attached hydrogens (tertiary/aromatic N) is 1. The number of amides is 1. The van der Waals surface area contributed by atoms with E-state index < -0.39 is 6.09 Å². The molecule has 1 aliphatic carbocycles. The van der Waals surface area contributed by atoms with Gasteiger partial charge in [0.05, 0.1) is 6.54 Å². The van der Waals surface area contributed by atoms with Crippen molar-refractivity contribution in [2.45, 2.75) is 25.7 Å². The van der Waals surface area contributed by atoms with Crippen molar-refractivity contribution in [1.29, 1.82) is 0 Å². The van der Waals surface area contributed by atoms with Gasteiger partial charge in [0, 0.05) is 12.0 Å². The number of carboxylic acid groups (broad SMARTS) is 1. The van der Waals surface area contributed by atoms with E-state index in [9.17, 15) is 9.59 Å². The number of ketones is 1. The largest absolute Gasteiger partial charge is 0.465 e. The molecule has 1 spiro atoms. The van der Waals surface area contributed by atoms with Crippen LogP contribution in [0.15, 0.2) is 0 Å². The Labute approximate surface area is 76.5 Å². The maximum atomic E-state index is 11.6. The molecule has 1 saturated heterocycles. The molecule has 1 amide bonds. The maximum absolute atomic E-state index is 11.6. The molecule has 1 heterocycles. The molecule has 2 fully saturated rings. The van der Waals surface area contributed by atoms with Gasteiger partial charge in [-0.25, -0.2) is 4.79 Å². The summed E-state index contributed by atoms with van der Waals surface area (Å²) < 4.78 is 0. The van der Waals surface area contributed by atoms with Gasteiger partial charge in [-0.2, -0.15) is 0 Å². The van der Waals surface area contributed by atoms with E-state index in [-0.39, 0.29) is 17.7 Å². The molecule has 13 heavy (non-hydrogen) atoms. The average Bonchev–Trinajstić information content (AvgIpc) is 2.63. The number of hydrogen-bond acceptors (Lipinski definition) is 2. The molecule has 1 N–H and O–H groups in total. The fraction of sp³-hybridized carbons (Fsp3) is 0.778. The highest BCUT2D eigenvalue weighted by Crippen LogP contribution is 2.42. The molecule has 72 valence electrons. The van der Waals surface area contributed by atoms with Gasteiger partial charge in [-0.3, -0.25) is 4.79 Å². The third kappa shape index (κ3) is 1.20. The van der Waals surface area contributed by atoms with Gasteiger partial charge in [-0.15, -0.1) is 0 Å². The van der Waals surface area contributed by atoms with Gasteiger partial charge in [0.25, 0.3) is 0 Å². The monoisotopic (exact) mass is 183 g/mol. The van der Waals surface area contributed by atoms with E-state index in [1.54, 1.807) is 0 Å². The third-order valence-electron chi connectivity index (χ3n) is 3.25. The van der Waals surface area contributed by atoms with Crippen LogP contribution in [0.25, 0.3) is 0 Å². The van der Waals surface area contributed by atoms with Crippen molar-refractivity contribution < 1.29 is 14.7 Å². The number of rotatable bonds is 0. The summed E-state index contributed by atoms with van der Waals surface area (Å²) in [5.41, 5.74) is -0.293. The lowest BCUT2D eigenvalue weighted by Crippen LogP contribution is -2.30. The smallest absolute Gasteiger partial charge is 0.407 e. The molecule has 0 aromatic carbocycles. The number of hydrogen-bond donors (Lipinski definition) is 1. The lowest BCUT2D eigenvalue weighted by molar-refractivity contribution is -0.124. The number of carbonyl (C=O) groups is 2. The molecule has 1 saturated carbocycles. The van der Waals surface area contributed by atoms with Gasteiger partial charge in [0.15, 0.2) is 5.78 Å². The van der Waals surface area contributed by atoms with Crippen LogP contribution >= 0.6 is 0 Å². The zero-order valence-corrected chi connectivity index (χ0v) is 7.45. The second-order valence-corrected chi connectivity index (χ2v) is 4.05. The zero-order chi connectivity index (χ0) is 9.47. The van der Waals surface area contributed by atoms with Crippen molar-refractivity contribution in [3.63, 3.8) is 0 Å². The van der Waals surface area contributed by atoms with E-state index in [0.717, 1.165) is 25.7 Å². The second kappa shape index (κ2) is 2.72. The Balaban J connectivity index is 2.15. The Morgan fingerprint density at radius 3 is 2.46 bits per heavy atom. The summed E-state index contributed by atoms with van der Waals surface area (Å²) >= 11 is 0. The van der Waals surface area contributed by atoms with Crippen LogP contribution in [0.5, 0.6) is 0 Å². The Morgan fingerprint density at radius 2 is 2.00 bits per heavy atom. The second-order valence-electron chi connectivity index (χ2n) is 4.05. The van der Waals surface area contributed by atoms with Gasteiger partial charge in [0.2, 0.25) is 0 Å². The molecule has 2 rings (SSSR count). The third-order valence-corrected chi connectivity index (χ3v) is 3.25. The van der Waals surface area contributed by atoms with Crippen molar-refractivity contribution >= 4 is 11.9 Å². The van der Waals surface area contributed by atoms with Gasteiger partial charge >= 0.3 is 6.09 Å². The quantitative estimate of drug-likeness (QED) is 0.612. The fourth-order valence-corrected chi connectivity index (χ4v) is 2.47. The molecule has 4 nitrogen and oxygen atoms in total. The maximum Gasteiger partial charge on any atom is 0.407 e. The minimum atomic E-state index is -0.961. The first-order valence-corrected chi connectivity index (χ1v) is 4.65. The summed E-state index contributed by atoms with van der Waals surface area (Å²) in [6.07, 6.45) is 2.95. The predicted molar refractivity (Wildman–Crippen MR) is 45.5 cm³/mol. The van der Waals surface area contributed by atoms with Gasteiger partial charge in [-0.05, 0) is 12.8 Å². The van der Waals surface area contributed by atoms with Crippen molar-refractivity contribution in [3.05, 3.63) is 0 Å². The van der Waals surface area contributed by atoms with Crippen molar-refractivity contribution in [3.8, 4) is 0 Å². The molecular formula is C9H13NO3. The highest BCUT2D eigenvalue weighted by Gasteiger charge is 2.48. The summed E-state index contributed by atoms with van der Waals surface area (Å²) in [5, 5.41) is 8.75. The molecule has 2 aliphatic rings. The minimum Gasteiger partial charge on any atom is -0.465 e. The molecule has 0 aromatic heterocycles. The first-order chi connectivity index (χ1) is 6.14.